The van der Waals surface area contributed by atoms with E-state index in [1.165, 1.54) is 12.1 Å². The number of rotatable bonds is 5. The van der Waals surface area contributed by atoms with Crippen molar-refractivity contribution in [1.82, 2.24) is 15.2 Å². The van der Waals surface area contributed by atoms with Gasteiger partial charge in [-0.2, -0.15) is 0 Å². The number of pyridine rings is 1. The molecular formula is C18H20FN3OS. The van der Waals surface area contributed by atoms with Crippen LogP contribution in [0.4, 0.5) is 4.39 Å². The van der Waals surface area contributed by atoms with Gasteiger partial charge < -0.3 is 10.2 Å². The van der Waals surface area contributed by atoms with Crippen molar-refractivity contribution in [2.45, 2.75) is 11.8 Å². The highest BCUT2D eigenvalue weighted by molar-refractivity contribution is 7.99. The van der Waals surface area contributed by atoms with Gasteiger partial charge in [-0.05, 0) is 29.8 Å². The van der Waals surface area contributed by atoms with Crippen LogP contribution in [0.2, 0.25) is 0 Å². The minimum absolute atomic E-state index is 0.0895. The lowest BCUT2D eigenvalue weighted by molar-refractivity contribution is -0.131. The third kappa shape index (κ3) is 4.33. The fourth-order valence-corrected chi connectivity index (χ4v) is 3.65. The Morgan fingerprint density at radius 2 is 2.25 bits per heavy atom. The molecule has 1 N–H and O–H groups in total. The number of benzene rings is 1. The summed E-state index contributed by atoms with van der Waals surface area (Å²) in [6, 6.07) is 12.2. The standard InChI is InChI=1S/C18H20FN3OS/c19-15-5-3-4-14(10-15)17-11-20-8-9-22(17)18(23)13-24-12-16-6-1-2-7-21-16/h1-7,10,17,20H,8-9,11-13H2. The summed E-state index contributed by atoms with van der Waals surface area (Å²) in [4.78, 5) is 18.7. The number of hydrogen-bond acceptors (Lipinski definition) is 4. The molecule has 2 heterocycles. The summed E-state index contributed by atoms with van der Waals surface area (Å²) in [6.45, 7) is 2.06. The predicted octanol–water partition coefficient (Wildman–Crippen LogP) is 2.63. The van der Waals surface area contributed by atoms with Crippen LogP contribution in [0, 0.1) is 5.82 Å². The average molecular weight is 345 g/mol. The third-order valence-electron chi connectivity index (χ3n) is 4.00. The van der Waals surface area contributed by atoms with Gasteiger partial charge in [-0.3, -0.25) is 9.78 Å². The number of hydrogen-bond donors (Lipinski definition) is 1. The van der Waals surface area contributed by atoms with Crippen molar-refractivity contribution in [3.8, 4) is 0 Å². The maximum absolute atomic E-state index is 13.5. The van der Waals surface area contributed by atoms with Gasteiger partial charge in [-0.1, -0.05) is 18.2 Å². The minimum Gasteiger partial charge on any atom is -0.332 e. The quantitative estimate of drug-likeness (QED) is 0.905. The Bertz CT molecular complexity index is 683. The largest absolute Gasteiger partial charge is 0.332 e. The normalized spacial score (nSPS) is 17.7. The van der Waals surface area contributed by atoms with Gasteiger partial charge >= 0.3 is 0 Å². The second-order valence-electron chi connectivity index (χ2n) is 5.68. The Morgan fingerprint density at radius 1 is 1.33 bits per heavy atom. The van der Waals surface area contributed by atoms with Crippen molar-refractivity contribution in [2.75, 3.05) is 25.4 Å². The van der Waals surface area contributed by atoms with Crippen molar-refractivity contribution in [1.29, 1.82) is 0 Å². The van der Waals surface area contributed by atoms with Gasteiger partial charge in [0.1, 0.15) is 5.82 Å². The van der Waals surface area contributed by atoms with E-state index in [0.29, 0.717) is 24.6 Å². The molecule has 1 fully saturated rings. The van der Waals surface area contributed by atoms with Gasteiger partial charge in [0.25, 0.3) is 0 Å². The van der Waals surface area contributed by atoms with E-state index in [1.807, 2.05) is 29.2 Å². The molecule has 0 spiro atoms. The molecule has 1 atom stereocenters. The van der Waals surface area contributed by atoms with Crippen LogP contribution < -0.4 is 5.32 Å². The molecule has 126 valence electrons. The van der Waals surface area contributed by atoms with Crippen LogP contribution in [0.1, 0.15) is 17.3 Å². The summed E-state index contributed by atoms with van der Waals surface area (Å²) in [7, 11) is 0. The van der Waals surface area contributed by atoms with Gasteiger partial charge in [0.2, 0.25) is 5.91 Å². The summed E-state index contributed by atoms with van der Waals surface area (Å²) < 4.78 is 13.5. The molecule has 1 aliphatic rings. The lowest BCUT2D eigenvalue weighted by Gasteiger charge is -2.36. The first-order valence-corrected chi connectivity index (χ1v) is 9.13. The first-order valence-electron chi connectivity index (χ1n) is 7.97. The van der Waals surface area contributed by atoms with Gasteiger partial charge in [0.15, 0.2) is 0 Å². The molecule has 2 aromatic rings. The van der Waals surface area contributed by atoms with E-state index in [-0.39, 0.29) is 17.8 Å². The number of piperazine rings is 1. The van der Waals surface area contributed by atoms with Crippen molar-refractivity contribution < 1.29 is 9.18 Å². The van der Waals surface area contributed by atoms with E-state index in [9.17, 15) is 9.18 Å². The molecule has 3 rings (SSSR count). The van der Waals surface area contributed by atoms with Crippen LogP contribution in [0.5, 0.6) is 0 Å². The Kier molecular flexibility index (Phi) is 5.82. The van der Waals surface area contributed by atoms with Crippen molar-refractivity contribution >= 4 is 17.7 Å². The highest BCUT2D eigenvalue weighted by Gasteiger charge is 2.27. The van der Waals surface area contributed by atoms with E-state index in [2.05, 4.69) is 10.3 Å². The first kappa shape index (κ1) is 16.9. The van der Waals surface area contributed by atoms with Gasteiger partial charge in [-0.25, -0.2) is 4.39 Å². The van der Waals surface area contributed by atoms with Gasteiger partial charge in [-0.15, -0.1) is 11.8 Å². The Morgan fingerprint density at radius 3 is 3.04 bits per heavy atom. The molecule has 0 saturated carbocycles. The molecule has 1 amide bonds. The van der Waals surface area contributed by atoms with Crippen LogP contribution in [0.15, 0.2) is 48.7 Å². The van der Waals surface area contributed by atoms with Crippen LogP contribution >= 0.6 is 11.8 Å². The number of nitrogens with one attached hydrogen (secondary N) is 1. The molecule has 1 saturated heterocycles. The summed E-state index contributed by atoms with van der Waals surface area (Å²) in [5.74, 6) is 0.938. The van der Waals surface area contributed by atoms with E-state index in [1.54, 1.807) is 24.0 Å². The zero-order valence-corrected chi connectivity index (χ0v) is 14.1. The maximum Gasteiger partial charge on any atom is 0.233 e. The molecule has 0 aliphatic carbocycles. The number of nitrogens with zero attached hydrogens (tertiary/aromatic N) is 2. The topological polar surface area (TPSA) is 45.2 Å². The molecule has 4 nitrogen and oxygen atoms in total. The van der Waals surface area contributed by atoms with E-state index >= 15 is 0 Å². The summed E-state index contributed by atoms with van der Waals surface area (Å²) in [6.07, 6.45) is 1.76. The Balaban J connectivity index is 1.61. The second kappa shape index (κ2) is 8.26. The number of halogens is 1. The molecule has 0 bridgehead atoms. The SMILES string of the molecule is O=C(CSCc1ccccn1)N1CCNCC1c1cccc(F)c1. The molecular weight excluding hydrogens is 325 g/mol. The monoisotopic (exact) mass is 345 g/mol. The molecule has 1 aromatic carbocycles. The van der Waals surface area contributed by atoms with Gasteiger partial charge in [0, 0.05) is 31.6 Å². The van der Waals surface area contributed by atoms with E-state index in [4.69, 9.17) is 0 Å². The number of carbonyl (C=O) groups excluding carboxylic acids is 1. The summed E-state index contributed by atoms with van der Waals surface area (Å²) in [5.41, 5.74) is 1.81. The lowest BCUT2D eigenvalue weighted by Crippen LogP contribution is -2.49. The smallest absolute Gasteiger partial charge is 0.233 e. The van der Waals surface area contributed by atoms with Gasteiger partial charge in [0.05, 0.1) is 17.5 Å². The molecule has 1 aromatic heterocycles. The zero-order chi connectivity index (χ0) is 16.8. The molecule has 1 unspecified atom stereocenters. The van der Waals surface area contributed by atoms with Crippen molar-refractivity contribution in [3.05, 3.63) is 65.7 Å². The van der Waals surface area contributed by atoms with E-state index < -0.39 is 0 Å². The average Bonchev–Trinajstić information content (AvgIpc) is 2.62. The minimum atomic E-state index is -0.269. The Labute approximate surface area is 145 Å². The number of amides is 1. The van der Waals surface area contributed by atoms with Crippen LogP contribution in [-0.4, -0.2) is 41.2 Å². The first-order chi connectivity index (χ1) is 11.7. The summed E-state index contributed by atoms with van der Waals surface area (Å²) >= 11 is 1.56. The zero-order valence-electron chi connectivity index (χ0n) is 13.3. The number of carbonyl (C=O) groups is 1. The number of thioether (sulfide) groups is 1. The maximum atomic E-state index is 13.5. The third-order valence-corrected chi connectivity index (χ3v) is 4.95. The molecule has 6 heteroatoms. The molecule has 0 radical (unpaired) electrons. The molecule has 1 aliphatic heterocycles. The van der Waals surface area contributed by atoms with Crippen LogP contribution in [-0.2, 0) is 10.5 Å². The highest BCUT2D eigenvalue weighted by atomic mass is 32.2. The Hall–Kier alpha value is -1.92. The number of aromatic nitrogens is 1. The predicted molar refractivity (Wildman–Crippen MR) is 94.1 cm³/mol. The lowest BCUT2D eigenvalue weighted by atomic mass is 10.0. The second-order valence-corrected chi connectivity index (χ2v) is 6.66. The fourth-order valence-electron chi connectivity index (χ4n) is 2.82. The summed E-state index contributed by atoms with van der Waals surface area (Å²) in [5, 5.41) is 3.29. The van der Waals surface area contributed by atoms with Crippen LogP contribution in [0.25, 0.3) is 0 Å². The highest BCUT2D eigenvalue weighted by Crippen LogP contribution is 2.24. The van der Waals surface area contributed by atoms with E-state index in [0.717, 1.165) is 17.8 Å². The fraction of sp³-hybridized carbons (Fsp3) is 0.333. The molecule has 24 heavy (non-hydrogen) atoms. The van der Waals surface area contributed by atoms with Crippen LogP contribution in [0.3, 0.4) is 0 Å². The van der Waals surface area contributed by atoms with Crippen molar-refractivity contribution in [2.24, 2.45) is 0 Å². The van der Waals surface area contributed by atoms with Crippen molar-refractivity contribution in [3.63, 3.8) is 0 Å².